The van der Waals surface area contributed by atoms with Crippen molar-refractivity contribution in [2.24, 2.45) is 5.92 Å². The van der Waals surface area contributed by atoms with Crippen LogP contribution in [-0.2, 0) is 4.79 Å². The Hall–Kier alpha value is -2.44. The zero-order valence-electron chi connectivity index (χ0n) is 16.2. The minimum absolute atomic E-state index is 0. The molecule has 152 valence electrons. The monoisotopic (exact) mass is 429 g/mol. The molecule has 1 aromatic heterocycles. The molecule has 4 rings (SSSR count). The number of amides is 2. The van der Waals surface area contributed by atoms with Crippen LogP contribution >= 0.6 is 23.7 Å². The standard InChI is InChI=1S/C22H23N3O2S.ClH/c1-14-12-17(23-20(26)15-8-4-2-5-9-15)13-18-19(14)24-22(28-18)25-21(27)16-10-6-3-7-11-16;/h3,6-7,10-13,15H,2,4-5,8-9H2,1H3,(H,23,26)(H,24,25,27);1H. The van der Waals surface area contributed by atoms with Gasteiger partial charge in [0.1, 0.15) is 0 Å². The summed E-state index contributed by atoms with van der Waals surface area (Å²) in [7, 11) is 0. The van der Waals surface area contributed by atoms with E-state index in [1.807, 2.05) is 37.3 Å². The fourth-order valence-electron chi connectivity index (χ4n) is 3.69. The van der Waals surface area contributed by atoms with E-state index in [9.17, 15) is 9.59 Å². The Labute approximate surface area is 180 Å². The zero-order chi connectivity index (χ0) is 19.5. The second kappa shape index (κ2) is 9.37. The Bertz CT molecular complexity index is 1010. The molecule has 1 fully saturated rings. The minimum Gasteiger partial charge on any atom is -0.326 e. The van der Waals surface area contributed by atoms with Crippen molar-refractivity contribution >= 4 is 56.6 Å². The second-order valence-corrected chi connectivity index (χ2v) is 8.33. The molecule has 0 spiro atoms. The first-order valence-corrected chi connectivity index (χ1v) is 10.5. The van der Waals surface area contributed by atoms with Gasteiger partial charge in [0.05, 0.1) is 10.2 Å². The Morgan fingerprint density at radius 1 is 1.03 bits per heavy atom. The first-order valence-electron chi connectivity index (χ1n) is 9.68. The molecular formula is C22H24ClN3O2S. The van der Waals surface area contributed by atoms with Gasteiger partial charge in [0.2, 0.25) is 5.91 Å². The molecule has 0 saturated heterocycles. The van der Waals surface area contributed by atoms with E-state index < -0.39 is 0 Å². The van der Waals surface area contributed by atoms with Crippen molar-refractivity contribution in [3.05, 3.63) is 53.6 Å². The maximum Gasteiger partial charge on any atom is 0.257 e. The van der Waals surface area contributed by atoms with Crippen molar-refractivity contribution in [2.45, 2.75) is 39.0 Å². The van der Waals surface area contributed by atoms with Gasteiger partial charge in [0, 0.05) is 17.2 Å². The molecule has 0 aliphatic heterocycles. The van der Waals surface area contributed by atoms with E-state index in [0.29, 0.717) is 10.7 Å². The van der Waals surface area contributed by atoms with Crippen LogP contribution in [0.25, 0.3) is 10.2 Å². The highest BCUT2D eigenvalue weighted by Crippen LogP contribution is 2.32. The average molecular weight is 430 g/mol. The zero-order valence-corrected chi connectivity index (χ0v) is 17.9. The van der Waals surface area contributed by atoms with E-state index in [0.717, 1.165) is 47.2 Å². The summed E-state index contributed by atoms with van der Waals surface area (Å²) in [5, 5.41) is 6.50. The largest absolute Gasteiger partial charge is 0.326 e. The third-order valence-electron chi connectivity index (χ3n) is 5.19. The third kappa shape index (κ3) is 4.95. The van der Waals surface area contributed by atoms with Crippen molar-refractivity contribution in [1.82, 2.24) is 4.98 Å². The number of benzene rings is 2. The van der Waals surface area contributed by atoms with Crippen LogP contribution in [0.2, 0.25) is 0 Å². The summed E-state index contributed by atoms with van der Waals surface area (Å²) < 4.78 is 0.947. The van der Waals surface area contributed by atoms with Crippen LogP contribution in [0.1, 0.15) is 48.0 Å². The van der Waals surface area contributed by atoms with Crippen molar-refractivity contribution in [3.8, 4) is 0 Å². The third-order valence-corrected chi connectivity index (χ3v) is 6.10. The summed E-state index contributed by atoms with van der Waals surface area (Å²) in [4.78, 5) is 29.5. The number of hydrogen-bond donors (Lipinski definition) is 2. The highest BCUT2D eigenvalue weighted by atomic mass is 35.5. The lowest BCUT2D eigenvalue weighted by Gasteiger charge is -2.20. The first-order chi connectivity index (χ1) is 13.6. The van der Waals surface area contributed by atoms with Crippen LogP contribution in [0, 0.1) is 12.8 Å². The smallest absolute Gasteiger partial charge is 0.257 e. The molecule has 1 saturated carbocycles. The van der Waals surface area contributed by atoms with Crippen molar-refractivity contribution in [2.75, 3.05) is 10.6 Å². The summed E-state index contributed by atoms with van der Waals surface area (Å²) in [5.74, 6) is 0.0515. The lowest BCUT2D eigenvalue weighted by atomic mass is 9.88. The Balaban J connectivity index is 0.00000240. The van der Waals surface area contributed by atoms with E-state index >= 15 is 0 Å². The maximum atomic E-state index is 12.5. The molecule has 2 N–H and O–H groups in total. The SMILES string of the molecule is Cc1cc(NC(=O)C2CCCCC2)cc2sc(NC(=O)c3ccccc3)nc12.Cl. The predicted molar refractivity (Wildman–Crippen MR) is 121 cm³/mol. The molecule has 0 bridgehead atoms. The van der Waals surface area contributed by atoms with Gasteiger partial charge >= 0.3 is 0 Å². The molecule has 3 aromatic rings. The van der Waals surface area contributed by atoms with Gasteiger partial charge in [-0.15, -0.1) is 12.4 Å². The number of carbonyl (C=O) groups excluding carboxylic acids is 2. The molecule has 1 heterocycles. The Morgan fingerprint density at radius 2 is 1.76 bits per heavy atom. The lowest BCUT2D eigenvalue weighted by Crippen LogP contribution is -2.24. The number of nitrogens with zero attached hydrogens (tertiary/aromatic N) is 1. The highest BCUT2D eigenvalue weighted by Gasteiger charge is 2.21. The van der Waals surface area contributed by atoms with Gasteiger partial charge in [0.15, 0.2) is 5.13 Å². The fourth-order valence-corrected chi connectivity index (χ4v) is 4.67. The van der Waals surface area contributed by atoms with E-state index in [1.165, 1.54) is 17.8 Å². The quantitative estimate of drug-likeness (QED) is 0.550. The number of nitrogens with one attached hydrogen (secondary N) is 2. The Morgan fingerprint density at radius 3 is 2.48 bits per heavy atom. The van der Waals surface area contributed by atoms with Crippen molar-refractivity contribution < 1.29 is 9.59 Å². The summed E-state index contributed by atoms with van der Waals surface area (Å²) in [6, 6.07) is 13.0. The van der Waals surface area contributed by atoms with Gasteiger partial charge in [-0.3, -0.25) is 14.9 Å². The normalized spacial score (nSPS) is 14.2. The average Bonchev–Trinajstić information content (AvgIpc) is 3.12. The molecule has 0 atom stereocenters. The fraction of sp³-hybridized carbons (Fsp3) is 0.318. The van der Waals surface area contributed by atoms with Crippen LogP contribution < -0.4 is 10.6 Å². The van der Waals surface area contributed by atoms with Gasteiger partial charge in [-0.05, 0) is 49.6 Å². The number of fused-ring (bicyclic) bond motifs is 1. The van der Waals surface area contributed by atoms with Crippen LogP contribution in [-0.4, -0.2) is 16.8 Å². The number of aromatic nitrogens is 1. The number of rotatable bonds is 4. The number of thiazole rings is 1. The molecule has 0 radical (unpaired) electrons. The topological polar surface area (TPSA) is 71.1 Å². The minimum atomic E-state index is -0.178. The molecule has 2 aromatic carbocycles. The number of hydrogen-bond acceptors (Lipinski definition) is 4. The Kier molecular flexibility index (Phi) is 6.87. The van der Waals surface area contributed by atoms with Crippen molar-refractivity contribution in [1.29, 1.82) is 0 Å². The van der Waals surface area contributed by atoms with Gasteiger partial charge in [0.25, 0.3) is 5.91 Å². The first kappa shape index (κ1) is 21.3. The second-order valence-electron chi connectivity index (χ2n) is 7.30. The molecule has 7 heteroatoms. The van der Waals surface area contributed by atoms with Gasteiger partial charge in [-0.2, -0.15) is 0 Å². The maximum absolute atomic E-state index is 12.5. The van der Waals surface area contributed by atoms with Gasteiger partial charge < -0.3 is 5.32 Å². The van der Waals surface area contributed by atoms with E-state index in [2.05, 4.69) is 15.6 Å². The van der Waals surface area contributed by atoms with E-state index in [4.69, 9.17) is 0 Å². The summed E-state index contributed by atoms with van der Waals surface area (Å²) >= 11 is 1.42. The van der Waals surface area contributed by atoms with Gasteiger partial charge in [-0.1, -0.05) is 48.8 Å². The molecule has 0 unspecified atom stereocenters. The highest BCUT2D eigenvalue weighted by molar-refractivity contribution is 7.22. The number of aryl methyl sites for hydroxylation is 1. The molecule has 1 aliphatic carbocycles. The molecular weight excluding hydrogens is 406 g/mol. The number of anilines is 2. The van der Waals surface area contributed by atoms with Crippen molar-refractivity contribution in [3.63, 3.8) is 0 Å². The van der Waals surface area contributed by atoms with E-state index in [1.54, 1.807) is 12.1 Å². The predicted octanol–water partition coefficient (Wildman–Crippen LogP) is 5.80. The number of carbonyl (C=O) groups is 2. The molecule has 5 nitrogen and oxygen atoms in total. The van der Waals surface area contributed by atoms with Crippen LogP contribution in [0.15, 0.2) is 42.5 Å². The molecule has 29 heavy (non-hydrogen) atoms. The number of halogens is 1. The van der Waals surface area contributed by atoms with Crippen LogP contribution in [0.3, 0.4) is 0 Å². The lowest BCUT2D eigenvalue weighted by molar-refractivity contribution is -0.120. The molecule has 1 aliphatic rings. The van der Waals surface area contributed by atoms with E-state index in [-0.39, 0.29) is 30.1 Å². The summed E-state index contributed by atoms with van der Waals surface area (Å²) in [5.41, 5.74) is 3.22. The van der Waals surface area contributed by atoms with Gasteiger partial charge in [-0.25, -0.2) is 4.98 Å². The summed E-state index contributed by atoms with van der Waals surface area (Å²) in [6.45, 7) is 1.97. The molecule has 2 amide bonds. The summed E-state index contributed by atoms with van der Waals surface area (Å²) in [6.07, 6.45) is 5.45. The van der Waals surface area contributed by atoms with Crippen LogP contribution in [0.5, 0.6) is 0 Å². The van der Waals surface area contributed by atoms with Crippen LogP contribution in [0.4, 0.5) is 10.8 Å².